The van der Waals surface area contributed by atoms with Crippen molar-refractivity contribution in [1.82, 2.24) is 19.7 Å². The highest BCUT2D eigenvalue weighted by molar-refractivity contribution is 6.30. The molecular weight excluding hydrogens is 443 g/mol. The van der Waals surface area contributed by atoms with Crippen LogP contribution in [0.4, 0.5) is 8.78 Å². The second kappa shape index (κ2) is 9.02. The van der Waals surface area contributed by atoms with E-state index in [0.717, 1.165) is 10.9 Å². The Morgan fingerprint density at radius 3 is 2.67 bits per heavy atom. The van der Waals surface area contributed by atoms with E-state index in [1.807, 2.05) is 6.07 Å². The Labute approximate surface area is 178 Å². The normalized spacial score (nSPS) is 10.7. The van der Waals surface area contributed by atoms with Crippen molar-refractivity contribution in [2.45, 2.75) is 13.0 Å². The summed E-state index contributed by atoms with van der Waals surface area (Å²) in [7, 11) is 1.35. The molecule has 8 nitrogen and oxygen atoms in total. The number of aromatic nitrogens is 4. The molecule has 0 amide bonds. The fraction of sp³-hybridized carbons (Fsp3) is 0.167. The van der Waals surface area contributed by atoms with Gasteiger partial charge < -0.3 is 9.47 Å². The molecule has 0 unspecified atom stereocenters. The van der Waals surface area contributed by atoms with Crippen molar-refractivity contribution < 1.29 is 18.3 Å². The molecule has 0 atom stereocenters. The van der Waals surface area contributed by atoms with E-state index in [4.69, 9.17) is 37.9 Å². The van der Waals surface area contributed by atoms with E-state index < -0.39 is 23.4 Å². The Balaban J connectivity index is 2.07. The second-order valence-electron chi connectivity index (χ2n) is 5.78. The van der Waals surface area contributed by atoms with Crippen molar-refractivity contribution in [3.8, 4) is 23.4 Å². The number of hydrogen-bond acceptors (Lipinski definition) is 7. The molecule has 2 heterocycles. The van der Waals surface area contributed by atoms with Crippen molar-refractivity contribution in [1.29, 1.82) is 5.26 Å². The molecule has 30 heavy (non-hydrogen) atoms. The third-order valence-corrected chi connectivity index (χ3v) is 4.19. The van der Waals surface area contributed by atoms with Crippen LogP contribution >= 0.6 is 23.2 Å². The number of rotatable bonds is 6. The highest BCUT2D eigenvalue weighted by Gasteiger charge is 2.23. The van der Waals surface area contributed by atoms with Gasteiger partial charge in [0.1, 0.15) is 5.75 Å². The lowest BCUT2D eigenvalue weighted by molar-refractivity contribution is 0.141. The van der Waals surface area contributed by atoms with E-state index in [1.165, 1.54) is 31.4 Å². The van der Waals surface area contributed by atoms with E-state index in [-0.39, 0.29) is 33.9 Å². The first-order chi connectivity index (χ1) is 14.3. The second-order valence-corrected chi connectivity index (χ2v) is 6.61. The molecule has 0 N–H and O–H groups in total. The van der Waals surface area contributed by atoms with Crippen LogP contribution in [0.5, 0.6) is 17.4 Å². The summed E-state index contributed by atoms with van der Waals surface area (Å²) >= 11 is 11.7. The van der Waals surface area contributed by atoms with E-state index in [9.17, 15) is 13.6 Å². The lowest BCUT2D eigenvalue weighted by Crippen LogP contribution is -2.24. The fourth-order valence-electron chi connectivity index (χ4n) is 2.51. The van der Waals surface area contributed by atoms with Gasteiger partial charge >= 0.3 is 0 Å². The molecule has 0 aliphatic heterocycles. The summed E-state index contributed by atoms with van der Waals surface area (Å²) in [6, 6.07) is 7.17. The molecule has 12 heteroatoms. The van der Waals surface area contributed by atoms with Crippen molar-refractivity contribution >= 4 is 23.2 Å². The summed E-state index contributed by atoms with van der Waals surface area (Å²) in [5.41, 5.74) is -1.25. The maximum absolute atomic E-state index is 13.4. The lowest BCUT2D eigenvalue weighted by Gasteiger charge is -2.14. The molecule has 0 fully saturated rings. The minimum absolute atomic E-state index is 0.0513. The summed E-state index contributed by atoms with van der Waals surface area (Å²) < 4.78 is 38.4. The van der Waals surface area contributed by atoms with Crippen LogP contribution in [0.15, 0.2) is 35.4 Å². The van der Waals surface area contributed by atoms with Gasteiger partial charge in [-0.05, 0) is 24.3 Å². The molecule has 3 aromatic rings. The van der Waals surface area contributed by atoms with Crippen LogP contribution in [0.2, 0.25) is 10.2 Å². The zero-order valence-corrected chi connectivity index (χ0v) is 16.7. The zero-order valence-electron chi connectivity index (χ0n) is 15.1. The predicted molar refractivity (Wildman–Crippen MR) is 102 cm³/mol. The van der Waals surface area contributed by atoms with Gasteiger partial charge in [-0.15, -0.1) is 10.2 Å². The van der Waals surface area contributed by atoms with Crippen LogP contribution in [0, 0.1) is 11.3 Å². The first-order valence-electron chi connectivity index (χ1n) is 8.14. The van der Waals surface area contributed by atoms with Crippen molar-refractivity contribution in [3.05, 3.63) is 67.9 Å². The average Bonchev–Trinajstić information content (AvgIpc) is 2.70. The molecule has 0 aliphatic rings. The van der Waals surface area contributed by atoms with Gasteiger partial charge in [0.15, 0.2) is 10.8 Å². The first-order valence-corrected chi connectivity index (χ1v) is 8.90. The minimum Gasteiger partial charge on any atom is -0.480 e. The molecule has 0 saturated heterocycles. The van der Waals surface area contributed by atoms with Crippen LogP contribution in [0.1, 0.15) is 23.2 Å². The van der Waals surface area contributed by atoms with Crippen molar-refractivity contribution in [2.75, 3.05) is 7.11 Å². The molecule has 3 rings (SSSR count). The molecule has 2 aromatic heterocycles. The van der Waals surface area contributed by atoms with Gasteiger partial charge in [-0.1, -0.05) is 23.2 Å². The van der Waals surface area contributed by atoms with E-state index >= 15 is 0 Å². The van der Waals surface area contributed by atoms with E-state index in [0.29, 0.717) is 5.56 Å². The maximum Gasteiger partial charge on any atom is 0.297 e. The highest BCUT2D eigenvalue weighted by atomic mass is 35.5. The van der Waals surface area contributed by atoms with Gasteiger partial charge in [-0.25, -0.2) is 13.8 Å². The monoisotopic (exact) mass is 453 g/mol. The Kier molecular flexibility index (Phi) is 6.44. The van der Waals surface area contributed by atoms with Crippen molar-refractivity contribution in [3.63, 3.8) is 0 Å². The number of alkyl halides is 2. The van der Waals surface area contributed by atoms with Crippen LogP contribution in [-0.2, 0) is 6.54 Å². The Bertz CT molecular complexity index is 1200. The summed E-state index contributed by atoms with van der Waals surface area (Å²) in [4.78, 5) is 16.5. The van der Waals surface area contributed by atoms with Crippen LogP contribution in [-0.4, -0.2) is 26.9 Å². The molecule has 0 radical (unpaired) electrons. The maximum atomic E-state index is 13.4. The summed E-state index contributed by atoms with van der Waals surface area (Å²) in [6.07, 6.45) is -2.13. The quantitative estimate of drug-likeness (QED) is 0.555. The van der Waals surface area contributed by atoms with Gasteiger partial charge in [-0.2, -0.15) is 5.26 Å². The molecule has 0 bridgehead atoms. The SMILES string of the molecule is COc1nnc(Cl)cc1Cn1cnc(C(F)F)c(Oc2cc(Cl)cc(C#N)c2)c1=O. The molecular formula is C18H11Cl2F2N5O3. The number of nitrogens with zero attached hydrogens (tertiary/aromatic N) is 5. The summed E-state index contributed by atoms with van der Waals surface area (Å²) in [5, 5.41) is 16.6. The number of benzene rings is 1. The minimum atomic E-state index is -3.08. The van der Waals surface area contributed by atoms with Gasteiger partial charge in [0.2, 0.25) is 11.6 Å². The third kappa shape index (κ3) is 4.64. The fourth-order valence-corrected chi connectivity index (χ4v) is 2.91. The zero-order chi connectivity index (χ0) is 21.8. The van der Waals surface area contributed by atoms with Crippen LogP contribution in [0.3, 0.4) is 0 Å². The first kappa shape index (κ1) is 21.4. The predicted octanol–water partition coefficient (Wildman–Crippen LogP) is 4.00. The number of nitriles is 1. The number of ether oxygens (including phenoxy) is 2. The summed E-state index contributed by atoms with van der Waals surface area (Å²) in [6.45, 7) is -0.150. The molecule has 1 aromatic carbocycles. The van der Waals surface area contributed by atoms with E-state index in [2.05, 4.69) is 15.2 Å². The third-order valence-electron chi connectivity index (χ3n) is 3.79. The van der Waals surface area contributed by atoms with Gasteiger partial charge in [0.05, 0.1) is 31.6 Å². The summed E-state index contributed by atoms with van der Waals surface area (Å²) in [5.74, 6) is -0.672. The Morgan fingerprint density at radius 2 is 2.00 bits per heavy atom. The molecule has 0 saturated carbocycles. The Morgan fingerprint density at radius 1 is 1.23 bits per heavy atom. The lowest BCUT2D eigenvalue weighted by atomic mass is 10.2. The number of methoxy groups -OCH3 is 1. The smallest absolute Gasteiger partial charge is 0.297 e. The molecule has 0 aliphatic carbocycles. The van der Waals surface area contributed by atoms with Gasteiger partial charge in [-0.3, -0.25) is 9.36 Å². The van der Waals surface area contributed by atoms with Gasteiger partial charge in [0.25, 0.3) is 12.0 Å². The topological polar surface area (TPSA) is 103 Å². The van der Waals surface area contributed by atoms with E-state index in [1.54, 1.807) is 0 Å². The van der Waals surface area contributed by atoms with Crippen molar-refractivity contribution in [2.24, 2.45) is 0 Å². The Hall–Kier alpha value is -3.29. The van der Waals surface area contributed by atoms with Crippen LogP contribution < -0.4 is 15.0 Å². The highest BCUT2D eigenvalue weighted by Crippen LogP contribution is 2.30. The molecule has 0 spiro atoms. The number of hydrogen-bond donors (Lipinski definition) is 0. The standard InChI is InChI=1S/C18H11Cl2F2N5O3/c1-29-17-10(4-13(20)25-26-17)7-27-8-24-14(16(21)22)15(18(27)28)30-12-3-9(6-23)2-11(19)5-12/h2-5,8,16H,7H2,1H3. The molecule has 154 valence electrons. The average molecular weight is 454 g/mol. The largest absolute Gasteiger partial charge is 0.480 e. The number of halogens is 4. The van der Waals surface area contributed by atoms with Crippen LogP contribution in [0.25, 0.3) is 0 Å². The van der Waals surface area contributed by atoms with Gasteiger partial charge in [0, 0.05) is 10.6 Å².